The Morgan fingerprint density at radius 1 is 1.27 bits per heavy atom. The number of aromatic nitrogens is 2. The van der Waals surface area contributed by atoms with Gasteiger partial charge in [0.05, 0.1) is 24.9 Å². The van der Waals surface area contributed by atoms with Crippen molar-refractivity contribution in [1.29, 1.82) is 0 Å². The van der Waals surface area contributed by atoms with E-state index in [1.54, 1.807) is 4.68 Å². The number of nitrogens with zero attached hydrogens (tertiary/aromatic N) is 2. The number of benzene rings is 1. The first-order chi connectivity index (χ1) is 12.7. The van der Waals surface area contributed by atoms with Crippen LogP contribution in [0.4, 0.5) is 4.79 Å². The van der Waals surface area contributed by atoms with Gasteiger partial charge in [-0.05, 0) is 37.7 Å². The Morgan fingerprint density at radius 2 is 2.12 bits per heavy atom. The number of rotatable bonds is 4. The molecule has 2 atom stereocenters. The largest absolute Gasteiger partial charge is 0.493 e. The molecule has 6 nitrogen and oxygen atoms in total. The summed E-state index contributed by atoms with van der Waals surface area (Å²) < 4.78 is 7.59. The van der Waals surface area contributed by atoms with Crippen LogP contribution in [0.5, 0.6) is 5.75 Å². The van der Waals surface area contributed by atoms with Gasteiger partial charge in [0.2, 0.25) is 0 Å². The molecule has 2 amide bonds. The zero-order valence-electron chi connectivity index (χ0n) is 15.1. The molecule has 138 valence electrons. The predicted octanol–water partition coefficient (Wildman–Crippen LogP) is 3.47. The lowest BCUT2D eigenvalue weighted by Gasteiger charge is -2.34. The first kappa shape index (κ1) is 16.9. The van der Waals surface area contributed by atoms with Crippen LogP contribution in [0.25, 0.3) is 0 Å². The van der Waals surface area contributed by atoms with E-state index in [0.717, 1.165) is 42.6 Å². The molecule has 1 aliphatic carbocycles. The number of ether oxygens (including phenoxy) is 1. The molecular formula is C20H26N4O2. The first-order valence-corrected chi connectivity index (χ1v) is 9.48. The summed E-state index contributed by atoms with van der Waals surface area (Å²) in [5, 5.41) is 10.6. The van der Waals surface area contributed by atoms with Crippen LogP contribution >= 0.6 is 0 Å². The molecule has 1 saturated carbocycles. The van der Waals surface area contributed by atoms with Crippen molar-refractivity contribution in [1.82, 2.24) is 20.4 Å². The van der Waals surface area contributed by atoms with Crippen molar-refractivity contribution < 1.29 is 9.53 Å². The van der Waals surface area contributed by atoms with Gasteiger partial charge in [-0.2, -0.15) is 5.10 Å². The van der Waals surface area contributed by atoms with E-state index in [-0.39, 0.29) is 18.1 Å². The van der Waals surface area contributed by atoms with Gasteiger partial charge in [-0.25, -0.2) is 4.79 Å². The van der Waals surface area contributed by atoms with Gasteiger partial charge in [0.1, 0.15) is 5.75 Å². The van der Waals surface area contributed by atoms with Gasteiger partial charge in [-0.15, -0.1) is 0 Å². The molecule has 0 saturated heterocycles. The van der Waals surface area contributed by atoms with E-state index in [1.807, 2.05) is 43.7 Å². The number of carbonyl (C=O) groups is 1. The highest BCUT2D eigenvalue weighted by atomic mass is 16.5. The molecule has 26 heavy (non-hydrogen) atoms. The summed E-state index contributed by atoms with van der Waals surface area (Å²) >= 11 is 0. The topological polar surface area (TPSA) is 68.2 Å². The average Bonchev–Trinajstić information content (AvgIpc) is 2.92. The predicted molar refractivity (Wildman–Crippen MR) is 98.9 cm³/mol. The maximum absolute atomic E-state index is 12.8. The fourth-order valence-corrected chi connectivity index (χ4v) is 3.86. The van der Waals surface area contributed by atoms with Gasteiger partial charge in [0.25, 0.3) is 0 Å². The number of amides is 2. The molecule has 0 bridgehead atoms. The van der Waals surface area contributed by atoms with Crippen molar-refractivity contribution in [3.8, 4) is 5.75 Å². The Kier molecular flexibility index (Phi) is 4.82. The molecule has 2 N–H and O–H groups in total. The maximum Gasteiger partial charge on any atom is 0.315 e. The van der Waals surface area contributed by atoms with Crippen molar-refractivity contribution in [2.75, 3.05) is 6.61 Å². The van der Waals surface area contributed by atoms with Gasteiger partial charge in [-0.1, -0.05) is 24.6 Å². The highest BCUT2D eigenvalue weighted by Crippen LogP contribution is 2.38. The molecule has 2 heterocycles. The highest BCUT2D eigenvalue weighted by molar-refractivity contribution is 5.75. The Labute approximate surface area is 153 Å². The van der Waals surface area contributed by atoms with Gasteiger partial charge >= 0.3 is 6.03 Å². The summed E-state index contributed by atoms with van der Waals surface area (Å²) in [6.07, 6.45) is 9.20. The van der Waals surface area contributed by atoms with E-state index >= 15 is 0 Å². The molecule has 1 aromatic heterocycles. The third kappa shape index (κ3) is 3.54. The van der Waals surface area contributed by atoms with Crippen LogP contribution in [0.2, 0.25) is 0 Å². The Bertz CT molecular complexity index is 769. The fraction of sp³-hybridized carbons (Fsp3) is 0.500. The molecular weight excluding hydrogens is 328 g/mol. The quantitative estimate of drug-likeness (QED) is 0.883. The fourth-order valence-electron chi connectivity index (χ4n) is 3.86. The Hall–Kier alpha value is -2.50. The second kappa shape index (κ2) is 7.40. The van der Waals surface area contributed by atoms with E-state index in [4.69, 9.17) is 4.74 Å². The molecule has 4 rings (SSSR count). The number of carbonyl (C=O) groups excluding carboxylic acids is 1. The third-order valence-corrected chi connectivity index (χ3v) is 5.49. The third-order valence-electron chi connectivity index (χ3n) is 5.49. The standard InChI is InChI=1S/C20H26N4O2/c1-24-13-15(12-21-24)19(14-6-4-7-14)23-20(25)22-17-9-5-11-26-18-10-3-2-8-16(17)18/h2-3,8,10,12-14,17,19H,4-7,9,11H2,1H3,(H2,22,23,25). The molecule has 2 aromatic rings. The van der Waals surface area contributed by atoms with Crippen LogP contribution in [0.3, 0.4) is 0 Å². The zero-order chi connectivity index (χ0) is 17.9. The number of fused-ring (bicyclic) bond motifs is 1. The van der Waals surface area contributed by atoms with E-state index in [2.05, 4.69) is 15.7 Å². The second-order valence-corrected chi connectivity index (χ2v) is 7.31. The van der Waals surface area contributed by atoms with Crippen molar-refractivity contribution in [3.63, 3.8) is 0 Å². The number of para-hydroxylation sites is 1. The lowest BCUT2D eigenvalue weighted by molar-refractivity contribution is 0.205. The number of aryl methyl sites for hydroxylation is 1. The highest BCUT2D eigenvalue weighted by Gasteiger charge is 2.31. The minimum atomic E-state index is -0.118. The van der Waals surface area contributed by atoms with Gasteiger partial charge < -0.3 is 15.4 Å². The minimum absolute atomic E-state index is 0.0229. The summed E-state index contributed by atoms with van der Waals surface area (Å²) in [7, 11) is 1.91. The molecule has 6 heteroatoms. The summed E-state index contributed by atoms with van der Waals surface area (Å²) in [6.45, 7) is 0.692. The second-order valence-electron chi connectivity index (χ2n) is 7.31. The molecule has 2 unspecified atom stereocenters. The van der Waals surface area contributed by atoms with Crippen molar-refractivity contribution in [2.45, 2.75) is 44.2 Å². The van der Waals surface area contributed by atoms with Crippen LogP contribution < -0.4 is 15.4 Å². The van der Waals surface area contributed by atoms with Crippen molar-refractivity contribution in [3.05, 3.63) is 47.8 Å². The summed E-state index contributed by atoms with van der Waals surface area (Å²) in [5.74, 6) is 1.37. The minimum Gasteiger partial charge on any atom is -0.493 e. The van der Waals surface area contributed by atoms with Crippen LogP contribution in [-0.4, -0.2) is 22.4 Å². The average molecular weight is 354 g/mol. The number of hydrogen-bond acceptors (Lipinski definition) is 3. The van der Waals surface area contributed by atoms with E-state index in [9.17, 15) is 4.79 Å². The van der Waals surface area contributed by atoms with Gasteiger partial charge in [-0.3, -0.25) is 4.68 Å². The Balaban J connectivity index is 1.47. The van der Waals surface area contributed by atoms with Crippen LogP contribution in [0.1, 0.15) is 55.3 Å². The molecule has 0 radical (unpaired) electrons. The first-order valence-electron chi connectivity index (χ1n) is 9.48. The summed E-state index contributed by atoms with van der Waals surface area (Å²) in [4.78, 5) is 12.8. The van der Waals surface area contributed by atoms with E-state index in [0.29, 0.717) is 12.5 Å². The van der Waals surface area contributed by atoms with Crippen LogP contribution in [-0.2, 0) is 7.05 Å². The van der Waals surface area contributed by atoms with Gasteiger partial charge in [0.15, 0.2) is 0 Å². The van der Waals surface area contributed by atoms with Crippen molar-refractivity contribution >= 4 is 6.03 Å². The van der Waals surface area contributed by atoms with Gasteiger partial charge in [0, 0.05) is 24.4 Å². The van der Waals surface area contributed by atoms with Crippen LogP contribution in [0.15, 0.2) is 36.7 Å². The summed E-state index contributed by atoms with van der Waals surface area (Å²) in [6, 6.07) is 7.85. The number of urea groups is 1. The normalized spacial score (nSPS) is 20.9. The van der Waals surface area contributed by atoms with E-state index in [1.165, 1.54) is 6.42 Å². The lowest BCUT2D eigenvalue weighted by atomic mass is 9.78. The van der Waals surface area contributed by atoms with E-state index < -0.39 is 0 Å². The monoisotopic (exact) mass is 354 g/mol. The molecule has 2 aliphatic rings. The Morgan fingerprint density at radius 3 is 2.85 bits per heavy atom. The molecule has 1 aromatic carbocycles. The number of nitrogens with one attached hydrogen (secondary N) is 2. The van der Waals surface area contributed by atoms with Crippen LogP contribution in [0, 0.1) is 5.92 Å². The number of hydrogen-bond donors (Lipinski definition) is 2. The maximum atomic E-state index is 12.8. The van der Waals surface area contributed by atoms with Crippen molar-refractivity contribution in [2.24, 2.45) is 13.0 Å². The summed E-state index contributed by atoms with van der Waals surface area (Å²) in [5.41, 5.74) is 2.14. The molecule has 1 fully saturated rings. The SMILES string of the molecule is Cn1cc(C(NC(=O)NC2CCCOc3ccccc32)C2CCC2)cn1. The smallest absolute Gasteiger partial charge is 0.315 e. The lowest BCUT2D eigenvalue weighted by Crippen LogP contribution is -2.43. The molecule has 0 spiro atoms. The zero-order valence-corrected chi connectivity index (χ0v) is 15.1. The molecule has 1 aliphatic heterocycles.